The lowest BCUT2D eigenvalue weighted by Gasteiger charge is -2.16. The molecule has 3 nitrogen and oxygen atoms in total. The van der Waals surface area contributed by atoms with Crippen LogP contribution in [-0.4, -0.2) is 30.2 Å². The van der Waals surface area contributed by atoms with E-state index in [4.69, 9.17) is 14.6 Å². The van der Waals surface area contributed by atoms with Crippen LogP contribution in [0.4, 0.5) is 0 Å². The van der Waals surface area contributed by atoms with E-state index in [-0.39, 0.29) is 5.79 Å². The number of unbranched alkanes of at least 4 members (excludes halogenated alkanes) is 5. The van der Waals surface area contributed by atoms with Gasteiger partial charge in [0.25, 0.3) is 0 Å². The third-order valence-electron chi connectivity index (χ3n) is 3.00. The van der Waals surface area contributed by atoms with Gasteiger partial charge >= 0.3 is 0 Å². The predicted molar refractivity (Wildman–Crippen MR) is 64.3 cm³/mol. The van der Waals surface area contributed by atoms with E-state index in [0.717, 1.165) is 25.9 Å². The molecule has 0 unspecified atom stereocenters. The zero-order valence-corrected chi connectivity index (χ0v) is 10.7. The van der Waals surface area contributed by atoms with Crippen molar-refractivity contribution in [3.63, 3.8) is 0 Å². The van der Waals surface area contributed by atoms with Gasteiger partial charge < -0.3 is 14.6 Å². The van der Waals surface area contributed by atoms with E-state index in [0.29, 0.717) is 12.7 Å². The van der Waals surface area contributed by atoms with Crippen LogP contribution in [0.5, 0.6) is 0 Å². The lowest BCUT2D eigenvalue weighted by Crippen LogP contribution is -2.21. The minimum absolute atomic E-state index is 0.299. The van der Waals surface area contributed by atoms with Gasteiger partial charge in [-0.3, -0.25) is 0 Å². The van der Waals surface area contributed by atoms with Crippen molar-refractivity contribution in [1.82, 2.24) is 0 Å². The van der Waals surface area contributed by atoms with E-state index < -0.39 is 0 Å². The van der Waals surface area contributed by atoms with Gasteiger partial charge in [0.15, 0.2) is 5.79 Å². The molecule has 0 radical (unpaired) electrons. The maximum Gasteiger partial charge on any atom is 0.163 e. The van der Waals surface area contributed by atoms with Crippen LogP contribution < -0.4 is 0 Å². The van der Waals surface area contributed by atoms with E-state index >= 15 is 0 Å². The molecule has 0 aromatic rings. The number of aliphatic hydroxyl groups is 1. The van der Waals surface area contributed by atoms with E-state index in [1.165, 1.54) is 25.7 Å². The Bertz CT molecular complexity index is 180. The third-order valence-corrected chi connectivity index (χ3v) is 3.00. The number of rotatable bonds is 8. The molecule has 0 spiro atoms. The smallest absolute Gasteiger partial charge is 0.163 e. The number of ether oxygens (including phenoxy) is 2. The van der Waals surface area contributed by atoms with Crippen LogP contribution in [0.1, 0.15) is 58.8 Å². The summed E-state index contributed by atoms with van der Waals surface area (Å²) in [7, 11) is 0. The SMILES string of the molecule is CC1(C)OC[C@@H](CCCCCCCCO)O1. The fourth-order valence-electron chi connectivity index (χ4n) is 2.10. The van der Waals surface area contributed by atoms with Crippen molar-refractivity contribution in [3.05, 3.63) is 0 Å². The maximum atomic E-state index is 8.63. The molecule has 0 amide bonds. The van der Waals surface area contributed by atoms with Gasteiger partial charge in [-0.2, -0.15) is 0 Å². The second-order valence-electron chi connectivity index (χ2n) is 5.08. The van der Waals surface area contributed by atoms with Crippen LogP contribution in [0.15, 0.2) is 0 Å². The molecule has 0 aliphatic carbocycles. The number of hydrogen-bond donors (Lipinski definition) is 1. The summed E-state index contributed by atoms with van der Waals surface area (Å²) >= 11 is 0. The zero-order chi connectivity index (χ0) is 11.9. The summed E-state index contributed by atoms with van der Waals surface area (Å²) in [5.74, 6) is -0.369. The van der Waals surface area contributed by atoms with E-state index in [1.54, 1.807) is 0 Å². The van der Waals surface area contributed by atoms with Gasteiger partial charge in [0, 0.05) is 6.61 Å². The minimum atomic E-state index is -0.369. The molecule has 1 saturated heterocycles. The summed E-state index contributed by atoms with van der Waals surface area (Å²) in [6.45, 7) is 5.03. The fourth-order valence-corrected chi connectivity index (χ4v) is 2.10. The molecule has 1 fully saturated rings. The van der Waals surface area contributed by atoms with E-state index in [1.807, 2.05) is 13.8 Å². The summed E-state index contributed by atoms with van der Waals surface area (Å²) in [6, 6.07) is 0. The van der Waals surface area contributed by atoms with Crippen LogP contribution in [-0.2, 0) is 9.47 Å². The largest absolute Gasteiger partial charge is 0.396 e. The summed E-state index contributed by atoms with van der Waals surface area (Å²) in [5.41, 5.74) is 0. The molecule has 1 atom stereocenters. The molecule has 1 aliphatic rings. The van der Waals surface area contributed by atoms with Gasteiger partial charge in [0.1, 0.15) is 0 Å². The zero-order valence-electron chi connectivity index (χ0n) is 10.7. The highest BCUT2D eigenvalue weighted by Gasteiger charge is 2.31. The average molecular weight is 230 g/mol. The van der Waals surface area contributed by atoms with Crippen molar-refractivity contribution in [1.29, 1.82) is 0 Å². The highest BCUT2D eigenvalue weighted by molar-refractivity contribution is 4.70. The van der Waals surface area contributed by atoms with Crippen molar-refractivity contribution in [2.24, 2.45) is 0 Å². The molecule has 96 valence electrons. The molecule has 16 heavy (non-hydrogen) atoms. The fraction of sp³-hybridized carbons (Fsp3) is 1.00. The minimum Gasteiger partial charge on any atom is -0.396 e. The van der Waals surface area contributed by atoms with Gasteiger partial charge in [-0.25, -0.2) is 0 Å². The Kier molecular flexibility index (Phi) is 6.32. The Balaban J connectivity index is 1.88. The first-order valence-electron chi connectivity index (χ1n) is 6.57. The van der Waals surface area contributed by atoms with Crippen LogP contribution in [0, 0.1) is 0 Å². The molecule has 1 N–H and O–H groups in total. The summed E-state index contributed by atoms with van der Waals surface area (Å²) in [4.78, 5) is 0. The Morgan fingerprint density at radius 2 is 1.69 bits per heavy atom. The quantitative estimate of drug-likeness (QED) is 0.652. The Morgan fingerprint density at radius 3 is 2.25 bits per heavy atom. The second kappa shape index (κ2) is 7.25. The van der Waals surface area contributed by atoms with Crippen molar-refractivity contribution >= 4 is 0 Å². The molecule has 0 bridgehead atoms. The average Bonchev–Trinajstić information content (AvgIpc) is 2.57. The van der Waals surface area contributed by atoms with Crippen molar-refractivity contribution in [2.45, 2.75) is 70.7 Å². The Hall–Kier alpha value is -0.120. The molecule has 1 rings (SSSR count). The van der Waals surface area contributed by atoms with Gasteiger partial charge in [0.2, 0.25) is 0 Å². The molecule has 1 aliphatic heterocycles. The number of aliphatic hydroxyl groups excluding tert-OH is 1. The highest BCUT2D eigenvalue weighted by atomic mass is 16.7. The van der Waals surface area contributed by atoms with Crippen LogP contribution in [0.25, 0.3) is 0 Å². The van der Waals surface area contributed by atoms with Gasteiger partial charge in [0.05, 0.1) is 12.7 Å². The van der Waals surface area contributed by atoms with Crippen LogP contribution >= 0.6 is 0 Å². The van der Waals surface area contributed by atoms with Crippen molar-refractivity contribution < 1.29 is 14.6 Å². The van der Waals surface area contributed by atoms with E-state index in [9.17, 15) is 0 Å². The van der Waals surface area contributed by atoms with Gasteiger partial charge in [-0.1, -0.05) is 32.1 Å². The first kappa shape index (κ1) is 13.9. The topological polar surface area (TPSA) is 38.7 Å². The normalized spacial score (nSPS) is 23.8. The molecular weight excluding hydrogens is 204 g/mol. The van der Waals surface area contributed by atoms with E-state index in [2.05, 4.69) is 0 Å². The second-order valence-corrected chi connectivity index (χ2v) is 5.08. The highest BCUT2D eigenvalue weighted by Crippen LogP contribution is 2.25. The first-order chi connectivity index (χ1) is 7.64. The summed E-state index contributed by atoms with van der Waals surface area (Å²) < 4.78 is 11.3. The lowest BCUT2D eigenvalue weighted by atomic mass is 10.1. The van der Waals surface area contributed by atoms with Crippen molar-refractivity contribution in [2.75, 3.05) is 13.2 Å². The van der Waals surface area contributed by atoms with Gasteiger partial charge in [-0.05, 0) is 26.7 Å². The van der Waals surface area contributed by atoms with Gasteiger partial charge in [-0.15, -0.1) is 0 Å². The molecular formula is C13H26O3. The Labute approximate surface area is 99.1 Å². The monoisotopic (exact) mass is 230 g/mol. The van der Waals surface area contributed by atoms with Crippen molar-refractivity contribution in [3.8, 4) is 0 Å². The summed E-state index contributed by atoms with van der Waals surface area (Å²) in [5, 5.41) is 8.63. The predicted octanol–water partition coefficient (Wildman–Crippen LogP) is 2.86. The molecule has 0 saturated carbocycles. The molecule has 0 aromatic carbocycles. The molecule has 3 heteroatoms. The summed E-state index contributed by atoms with van der Waals surface area (Å²) in [6.07, 6.45) is 8.54. The maximum absolute atomic E-state index is 8.63. The number of hydrogen-bond acceptors (Lipinski definition) is 3. The standard InChI is InChI=1S/C13H26O3/c1-13(2)15-11-12(16-13)9-7-5-3-4-6-8-10-14/h12,14H,3-11H2,1-2H3/t12-/m1/s1. The Morgan fingerprint density at radius 1 is 1.06 bits per heavy atom. The molecule has 1 heterocycles. The van der Waals surface area contributed by atoms with Crippen LogP contribution in [0.3, 0.4) is 0 Å². The third kappa shape index (κ3) is 5.83. The van der Waals surface area contributed by atoms with Crippen LogP contribution in [0.2, 0.25) is 0 Å². The lowest BCUT2D eigenvalue weighted by molar-refractivity contribution is -0.139. The molecule has 0 aromatic heterocycles. The first-order valence-corrected chi connectivity index (χ1v) is 6.57.